The van der Waals surface area contributed by atoms with Crippen LogP contribution in [0.2, 0.25) is 0 Å². The maximum absolute atomic E-state index is 12.5. The number of ether oxygens (including phenoxy) is 1. The van der Waals surface area contributed by atoms with E-state index >= 15 is 0 Å². The fourth-order valence-corrected chi connectivity index (χ4v) is 3.47. The number of aryl methyl sites for hydroxylation is 3. The molecule has 8 nitrogen and oxygen atoms in total. The molecule has 0 saturated heterocycles. The minimum atomic E-state index is -3.87. The molecule has 0 aliphatic heterocycles. The summed E-state index contributed by atoms with van der Waals surface area (Å²) in [5, 5.41) is 6.13. The van der Waals surface area contributed by atoms with Crippen molar-refractivity contribution >= 4 is 22.8 Å². The van der Waals surface area contributed by atoms with Crippen molar-refractivity contribution in [3.63, 3.8) is 0 Å². The third-order valence-electron chi connectivity index (χ3n) is 3.34. The average molecular weight is 407 g/mol. The molecule has 0 saturated carbocycles. The minimum absolute atomic E-state index is 0.0648. The van der Waals surface area contributed by atoms with Gasteiger partial charge in [0, 0.05) is 12.8 Å². The van der Waals surface area contributed by atoms with Crippen molar-refractivity contribution in [2.45, 2.75) is 32.6 Å². The van der Waals surface area contributed by atoms with Crippen molar-refractivity contribution in [3.05, 3.63) is 53.1 Å². The second kappa shape index (κ2) is 10.3. The molecule has 0 atom stereocenters. The van der Waals surface area contributed by atoms with E-state index in [4.69, 9.17) is 20.4 Å². The van der Waals surface area contributed by atoms with Gasteiger partial charge in [0.15, 0.2) is 0 Å². The third-order valence-corrected chi connectivity index (χ3v) is 4.73. The number of rotatable bonds is 6. The molecule has 9 heteroatoms. The van der Waals surface area contributed by atoms with Crippen LogP contribution in [0.1, 0.15) is 23.6 Å². The van der Waals surface area contributed by atoms with E-state index in [0.717, 1.165) is 11.1 Å². The Kier molecular flexibility index (Phi) is 8.46. The minimum Gasteiger partial charge on any atom is -0.494 e. The highest BCUT2D eigenvalue weighted by Crippen LogP contribution is 2.27. The van der Waals surface area contributed by atoms with Crippen LogP contribution in [-0.4, -0.2) is 27.7 Å². The smallest absolute Gasteiger partial charge is 0.339 e. The van der Waals surface area contributed by atoms with E-state index in [1.807, 2.05) is 32.9 Å². The zero-order valence-electron chi connectivity index (χ0n) is 16.5. The van der Waals surface area contributed by atoms with E-state index in [-0.39, 0.29) is 16.6 Å². The highest BCUT2D eigenvalue weighted by Gasteiger charge is 2.20. The van der Waals surface area contributed by atoms with Gasteiger partial charge in [0.1, 0.15) is 16.4 Å². The zero-order chi connectivity index (χ0) is 21.3. The molecule has 0 unspecified atom stereocenters. The van der Waals surface area contributed by atoms with Crippen LogP contribution < -0.4 is 20.4 Å². The lowest BCUT2D eigenvalue weighted by molar-refractivity contribution is 0.338. The van der Waals surface area contributed by atoms with Crippen molar-refractivity contribution in [1.82, 2.24) is 0 Å². The number of hydrogen-bond acceptors (Lipinski definition) is 6. The fraction of sp³-hybridized carbons (Fsp3) is 0.263. The molecule has 0 aromatic heterocycles. The van der Waals surface area contributed by atoms with E-state index in [0.29, 0.717) is 17.9 Å². The first-order chi connectivity index (χ1) is 13.1. The Morgan fingerprint density at radius 1 is 1.04 bits per heavy atom. The van der Waals surface area contributed by atoms with Gasteiger partial charge < -0.3 is 20.4 Å². The topological polar surface area (TPSA) is 129 Å². The van der Waals surface area contributed by atoms with E-state index in [1.54, 1.807) is 31.2 Å². The lowest BCUT2D eigenvalue weighted by Gasteiger charge is -2.12. The Labute approximate surface area is 166 Å². The fourth-order valence-electron chi connectivity index (χ4n) is 2.24. The van der Waals surface area contributed by atoms with Crippen molar-refractivity contribution < 1.29 is 17.3 Å². The Hall–Kier alpha value is -3.07. The summed E-state index contributed by atoms with van der Waals surface area (Å²) < 4.78 is 35.7. The SMILES string of the molecule is C=NN=C(N)N.CCOc1cc(C)cc(OS(=O)(=O)c2cc(C)ccc2C)c1. The Balaban J connectivity index is 0.000000568. The van der Waals surface area contributed by atoms with E-state index in [1.165, 1.54) is 0 Å². The molecule has 0 fully saturated rings. The molecule has 0 spiro atoms. The van der Waals surface area contributed by atoms with Gasteiger partial charge in [-0.05, 0) is 62.6 Å². The van der Waals surface area contributed by atoms with Gasteiger partial charge in [0.05, 0.1) is 6.61 Å². The van der Waals surface area contributed by atoms with Gasteiger partial charge in [-0.15, -0.1) is 5.10 Å². The van der Waals surface area contributed by atoms with Gasteiger partial charge >= 0.3 is 10.1 Å². The standard InChI is InChI=1S/C17H20O4S.C2H6N4/c1-5-20-15-8-13(3)9-16(11-15)21-22(18,19)17-10-12(2)6-7-14(17)4;1-5-6-2(3)4/h6-11H,5H2,1-4H3;1H2,(H4,3,4,6). The number of hydrogen-bond donors (Lipinski definition) is 2. The van der Waals surface area contributed by atoms with Crippen molar-refractivity contribution in [2.75, 3.05) is 6.61 Å². The molecule has 0 aliphatic rings. The largest absolute Gasteiger partial charge is 0.494 e. The molecule has 2 aromatic carbocycles. The molecular weight excluding hydrogens is 380 g/mol. The highest BCUT2D eigenvalue weighted by molar-refractivity contribution is 7.87. The second-order valence-corrected chi connectivity index (χ2v) is 7.40. The number of benzene rings is 2. The van der Waals surface area contributed by atoms with Gasteiger partial charge in [-0.1, -0.05) is 12.1 Å². The van der Waals surface area contributed by atoms with E-state index in [9.17, 15) is 8.42 Å². The lowest BCUT2D eigenvalue weighted by Crippen LogP contribution is -2.21. The Bertz CT molecular complexity index is 952. The van der Waals surface area contributed by atoms with Crippen molar-refractivity contribution in [1.29, 1.82) is 0 Å². The van der Waals surface area contributed by atoms with Gasteiger partial charge in [0.25, 0.3) is 0 Å². The summed E-state index contributed by atoms with van der Waals surface area (Å²) in [5.41, 5.74) is 12.0. The van der Waals surface area contributed by atoms with Crippen LogP contribution in [-0.2, 0) is 10.1 Å². The first kappa shape index (κ1) is 23.0. The molecule has 2 aromatic rings. The summed E-state index contributed by atoms with van der Waals surface area (Å²) in [4.78, 5) is 0.187. The van der Waals surface area contributed by atoms with Crippen LogP contribution in [0.4, 0.5) is 0 Å². The first-order valence-corrected chi connectivity index (χ1v) is 9.80. The second-order valence-electron chi connectivity index (χ2n) is 5.89. The number of nitrogens with zero attached hydrogens (tertiary/aromatic N) is 2. The molecule has 152 valence electrons. The monoisotopic (exact) mass is 406 g/mol. The van der Waals surface area contributed by atoms with Gasteiger partial charge in [-0.2, -0.15) is 13.5 Å². The summed E-state index contributed by atoms with van der Waals surface area (Å²) >= 11 is 0. The first-order valence-electron chi connectivity index (χ1n) is 8.40. The molecule has 2 rings (SSSR count). The number of nitrogens with two attached hydrogens (primary N) is 2. The predicted molar refractivity (Wildman–Crippen MR) is 111 cm³/mol. The van der Waals surface area contributed by atoms with Crippen LogP contribution in [0.25, 0.3) is 0 Å². The normalized spacial score (nSPS) is 10.3. The molecule has 0 aliphatic carbocycles. The molecule has 0 radical (unpaired) electrons. The quantitative estimate of drug-likeness (QED) is 0.328. The molecule has 0 heterocycles. The molecule has 4 N–H and O–H groups in total. The Morgan fingerprint density at radius 3 is 2.21 bits per heavy atom. The summed E-state index contributed by atoms with van der Waals surface area (Å²) in [6, 6.07) is 10.3. The van der Waals surface area contributed by atoms with E-state index in [2.05, 4.69) is 16.9 Å². The van der Waals surface area contributed by atoms with Gasteiger partial charge in [-0.3, -0.25) is 0 Å². The Morgan fingerprint density at radius 2 is 1.68 bits per heavy atom. The summed E-state index contributed by atoms with van der Waals surface area (Å²) in [5.74, 6) is 0.781. The van der Waals surface area contributed by atoms with Crippen molar-refractivity contribution in [3.8, 4) is 11.5 Å². The van der Waals surface area contributed by atoms with Crippen LogP contribution >= 0.6 is 0 Å². The highest BCUT2D eigenvalue weighted by atomic mass is 32.2. The summed E-state index contributed by atoms with van der Waals surface area (Å²) in [6.45, 7) is 10.8. The molecular formula is C19H26N4O4S. The summed E-state index contributed by atoms with van der Waals surface area (Å²) in [6.07, 6.45) is 0. The molecule has 28 heavy (non-hydrogen) atoms. The maximum atomic E-state index is 12.5. The lowest BCUT2D eigenvalue weighted by atomic mass is 10.2. The van der Waals surface area contributed by atoms with E-state index < -0.39 is 10.1 Å². The number of guanidine groups is 1. The van der Waals surface area contributed by atoms with Crippen LogP contribution in [0.3, 0.4) is 0 Å². The van der Waals surface area contributed by atoms with Crippen molar-refractivity contribution in [2.24, 2.45) is 21.7 Å². The maximum Gasteiger partial charge on any atom is 0.339 e. The van der Waals surface area contributed by atoms with Crippen LogP contribution in [0, 0.1) is 20.8 Å². The van der Waals surface area contributed by atoms with Gasteiger partial charge in [0.2, 0.25) is 5.96 Å². The van der Waals surface area contributed by atoms with Gasteiger partial charge in [-0.25, -0.2) is 0 Å². The summed E-state index contributed by atoms with van der Waals surface area (Å²) in [7, 11) is -3.87. The third kappa shape index (κ3) is 7.28. The molecule has 0 amide bonds. The van der Waals surface area contributed by atoms with Crippen LogP contribution in [0.15, 0.2) is 51.5 Å². The zero-order valence-corrected chi connectivity index (χ0v) is 17.3. The van der Waals surface area contributed by atoms with Crippen LogP contribution in [0.5, 0.6) is 11.5 Å². The predicted octanol–water partition coefficient (Wildman–Crippen LogP) is 2.65. The average Bonchev–Trinajstić information content (AvgIpc) is 2.56. The molecule has 0 bridgehead atoms.